The molecular formula is C18H22IN3. The van der Waals surface area contributed by atoms with E-state index in [1.54, 1.807) is 0 Å². The normalized spacial score (nSPS) is 24.0. The summed E-state index contributed by atoms with van der Waals surface area (Å²) >= 11 is 0. The smallest absolute Gasteiger partial charge is 0.191 e. The van der Waals surface area contributed by atoms with E-state index in [-0.39, 0.29) is 24.0 Å². The first-order chi connectivity index (χ1) is 10.2. The Hall–Kier alpha value is -1.30. The van der Waals surface area contributed by atoms with Crippen LogP contribution in [0.3, 0.4) is 0 Å². The van der Waals surface area contributed by atoms with Crippen LogP contribution >= 0.6 is 24.0 Å². The van der Waals surface area contributed by atoms with Gasteiger partial charge in [-0.15, -0.1) is 24.0 Å². The Morgan fingerprint density at radius 2 is 1.86 bits per heavy atom. The summed E-state index contributed by atoms with van der Waals surface area (Å²) in [6, 6.07) is 16.3. The quantitative estimate of drug-likeness (QED) is 0.479. The first kappa shape index (κ1) is 15.6. The van der Waals surface area contributed by atoms with Crippen LogP contribution in [-0.2, 0) is 0 Å². The third kappa shape index (κ3) is 3.07. The second-order valence-electron chi connectivity index (χ2n) is 6.35. The lowest BCUT2D eigenvalue weighted by atomic mass is 10.0. The summed E-state index contributed by atoms with van der Waals surface area (Å²) in [4.78, 5) is 6.84. The molecule has 0 spiro atoms. The SMILES string of the molecule is CN(C(N)=N[C@@H]1C[C@H]1c1ccc2ccccc2c1)C1CC1.I. The summed E-state index contributed by atoms with van der Waals surface area (Å²) in [5.74, 6) is 1.26. The highest BCUT2D eigenvalue weighted by molar-refractivity contribution is 14.0. The van der Waals surface area contributed by atoms with E-state index < -0.39 is 0 Å². The van der Waals surface area contributed by atoms with E-state index >= 15 is 0 Å². The van der Waals surface area contributed by atoms with E-state index in [4.69, 9.17) is 10.7 Å². The minimum absolute atomic E-state index is 0. The number of nitrogens with two attached hydrogens (primary N) is 1. The molecule has 0 saturated heterocycles. The van der Waals surface area contributed by atoms with Gasteiger partial charge in [0.25, 0.3) is 0 Å². The Bertz CT molecular complexity index is 708. The fourth-order valence-corrected chi connectivity index (χ4v) is 3.03. The second-order valence-corrected chi connectivity index (χ2v) is 6.35. The molecule has 0 amide bonds. The molecular weight excluding hydrogens is 385 g/mol. The molecule has 2 aromatic carbocycles. The standard InChI is InChI=1S/C18H21N3.HI/c1-21(15-8-9-15)18(19)20-17-11-16(17)14-7-6-12-4-2-3-5-13(12)10-14;/h2-7,10,15-17H,8-9,11H2,1H3,(H2,19,20);1H/t16-,17+;/m0./s1. The summed E-state index contributed by atoms with van der Waals surface area (Å²) < 4.78 is 0. The third-order valence-corrected chi connectivity index (χ3v) is 4.71. The molecule has 2 aliphatic carbocycles. The van der Waals surface area contributed by atoms with Crippen LogP contribution < -0.4 is 5.73 Å². The van der Waals surface area contributed by atoms with Crippen LogP contribution in [0.15, 0.2) is 47.5 Å². The molecule has 0 radical (unpaired) electrons. The van der Waals surface area contributed by atoms with Gasteiger partial charge in [0.15, 0.2) is 5.96 Å². The Balaban J connectivity index is 0.00000144. The summed E-state index contributed by atoms with van der Waals surface area (Å²) in [6.07, 6.45) is 3.63. The molecule has 3 nitrogen and oxygen atoms in total. The number of nitrogens with zero attached hydrogens (tertiary/aromatic N) is 2. The van der Waals surface area contributed by atoms with Crippen molar-refractivity contribution in [3.63, 3.8) is 0 Å². The van der Waals surface area contributed by atoms with Crippen LogP contribution in [0.1, 0.15) is 30.7 Å². The zero-order valence-corrected chi connectivity index (χ0v) is 15.1. The highest BCUT2D eigenvalue weighted by atomic mass is 127. The lowest BCUT2D eigenvalue weighted by Gasteiger charge is -2.16. The number of benzene rings is 2. The lowest BCUT2D eigenvalue weighted by Crippen LogP contribution is -2.36. The minimum atomic E-state index is 0. The van der Waals surface area contributed by atoms with Gasteiger partial charge in [-0.3, -0.25) is 0 Å². The van der Waals surface area contributed by atoms with Crippen molar-refractivity contribution in [3.05, 3.63) is 48.0 Å². The average Bonchev–Trinajstić information content (AvgIpc) is 3.40. The maximum atomic E-state index is 6.11. The highest BCUT2D eigenvalue weighted by Gasteiger charge is 2.39. The first-order valence-electron chi connectivity index (χ1n) is 7.77. The molecule has 116 valence electrons. The van der Waals surface area contributed by atoms with Crippen molar-refractivity contribution in [1.29, 1.82) is 0 Å². The van der Waals surface area contributed by atoms with Gasteiger partial charge in [-0.2, -0.15) is 0 Å². The number of aliphatic imine (C=N–C) groups is 1. The molecule has 0 bridgehead atoms. The van der Waals surface area contributed by atoms with Crippen LogP contribution in [0, 0.1) is 0 Å². The Morgan fingerprint density at radius 3 is 2.59 bits per heavy atom. The zero-order chi connectivity index (χ0) is 14.4. The molecule has 0 aromatic heterocycles. The van der Waals surface area contributed by atoms with Gasteiger partial charge in [0, 0.05) is 19.0 Å². The molecule has 0 heterocycles. The van der Waals surface area contributed by atoms with Gasteiger partial charge in [-0.25, -0.2) is 4.99 Å². The summed E-state index contributed by atoms with van der Waals surface area (Å²) in [7, 11) is 2.06. The van der Waals surface area contributed by atoms with Crippen molar-refractivity contribution in [2.75, 3.05) is 7.05 Å². The first-order valence-corrected chi connectivity index (χ1v) is 7.77. The summed E-state index contributed by atoms with van der Waals surface area (Å²) in [5.41, 5.74) is 7.50. The van der Waals surface area contributed by atoms with E-state index in [9.17, 15) is 0 Å². The number of halogens is 1. The van der Waals surface area contributed by atoms with Gasteiger partial charge in [0.05, 0.1) is 6.04 Å². The van der Waals surface area contributed by atoms with Crippen LogP contribution in [0.2, 0.25) is 0 Å². The summed E-state index contributed by atoms with van der Waals surface area (Å²) in [6.45, 7) is 0. The van der Waals surface area contributed by atoms with Crippen LogP contribution in [0.25, 0.3) is 10.8 Å². The Morgan fingerprint density at radius 1 is 1.14 bits per heavy atom. The minimum Gasteiger partial charge on any atom is -0.370 e. The second kappa shape index (κ2) is 6.07. The molecule has 2 saturated carbocycles. The number of rotatable bonds is 3. The number of fused-ring (bicyclic) bond motifs is 1. The van der Waals surface area contributed by atoms with Crippen molar-refractivity contribution in [2.24, 2.45) is 10.7 Å². The molecule has 0 aliphatic heterocycles. The fourth-order valence-electron chi connectivity index (χ4n) is 3.03. The molecule has 2 fully saturated rings. The average molecular weight is 407 g/mol. The van der Waals surface area contributed by atoms with E-state index in [1.165, 1.54) is 29.2 Å². The van der Waals surface area contributed by atoms with Crippen molar-refractivity contribution < 1.29 is 0 Å². The molecule has 2 aromatic rings. The molecule has 2 aliphatic rings. The predicted molar refractivity (Wildman–Crippen MR) is 103 cm³/mol. The molecule has 4 heteroatoms. The van der Waals surface area contributed by atoms with Crippen LogP contribution in [0.5, 0.6) is 0 Å². The largest absolute Gasteiger partial charge is 0.370 e. The van der Waals surface area contributed by atoms with Gasteiger partial charge < -0.3 is 10.6 Å². The van der Waals surface area contributed by atoms with Crippen molar-refractivity contribution >= 4 is 40.7 Å². The molecule has 0 unspecified atom stereocenters. The molecule has 22 heavy (non-hydrogen) atoms. The Labute approximate surface area is 148 Å². The van der Waals surface area contributed by atoms with Crippen LogP contribution in [-0.4, -0.2) is 30.0 Å². The third-order valence-electron chi connectivity index (χ3n) is 4.71. The molecule has 4 rings (SSSR count). The van der Waals surface area contributed by atoms with Crippen LogP contribution in [0.4, 0.5) is 0 Å². The van der Waals surface area contributed by atoms with E-state index in [0.29, 0.717) is 24.0 Å². The van der Waals surface area contributed by atoms with Gasteiger partial charge in [0.1, 0.15) is 0 Å². The zero-order valence-electron chi connectivity index (χ0n) is 12.8. The molecule has 2 atom stereocenters. The van der Waals surface area contributed by atoms with Crippen molar-refractivity contribution in [3.8, 4) is 0 Å². The van der Waals surface area contributed by atoms with E-state index in [2.05, 4.69) is 54.4 Å². The Kier molecular flexibility index (Phi) is 4.30. The lowest BCUT2D eigenvalue weighted by molar-refractivity contribution is 0.487. The number of guanidine groups is 1. The maximum Gasteiger partial charge on any atom is 0.191 e. The summed E-state index contributed by atoms with van der Waals surface area (Å²) in [5, 5.41) is 2.61. The van der Waals surface area contributed by atoms with E-state index in [0.717, 1.165) is 6.42 Å². The van der Waals surface area contributed by atoms with Gasteiger partial charge in [-0.05, 0) is 35.6 Å². The maximum absolute atomic E-state index is 6.11. The topological polar surface area (TPSA) is 41.6 Å². The molecule has 2 N–H and O–H groups in total. The number of hydrogen-bond acceptors (Lipinski definition) is 1. The van der Waals surface area contributed by atoms with Gasteiger partial charge in [0.2, 0.25) is 0 Å². The van der Waals surface area contributed by atoms with Gasteiger partial charge in [-0.1, -0.05) is 42.5 Å². The van der Waals surface area contributed by atoms with Crippen molar-refractivity contribution in [1.82, 2.24) is 4.90 Å². The number of hydrogen-bond donors (Lipinski definition) is 1. The predicted octanol–water partition coefficient (Wildman–Crippen LogP) is 3.72. The van der Waals surface area contributed by atoms with E-state index in [1.807, 2.05) is 0 Å². The van der Waals surface area contributed by atoms with Crippen molar-refractivity contribution in [2.45, 2.75) is 37.3 Å². The monoisotopic (exact) mass is 407 g/mol. The van der Waals surface area contributed by atoms with Gasteiger partial charge >= 0.3 is 0 Å². The fraction of sp³-hybridized carbons (Fsp3) is 0.389. The highest BCUT2D eigenvalue weighted by Crippen LogP contribution is 2.44.